The van der Waals surface area contributed by atoms with E-state index < -0.39 is 5.82 Å². The fourth-order valence-electron chi connectivity index (χ4n) is 2.19. The maximum absolute atomic E-state index is 13.1. The Morgan fingerprint density at radius 2 is 1.89 bits per heavy atom. The molecule has 1 amide bonds. The van der Waals surface area contributed by atoms with Crippen LogP contribution in [0.4, 0.5) is 4.39 Å². The van der Waals surface area contributed by atoms with Gasteiger partial charge in [-0.25, -0.2) is 4.39 Å². The van der Waals surface area contributed by atoms with Gasteiger partial charge in [-0.1, -0.05) is 0 Å². The first kappa shape index (κ1) is 14.3. The van der Waals surface area contributed by atoms with E-state index in [9.17, 15) is 9.18 Å². The topological polar surface area (TPSA) is 38.8 Å². The highest BCUT2D eigenvalue weighted by atomic mass is 32.1. The first-order valence-corrected chi connectivity index (χ1v) is 6.35. The SMILES string of the molecule is COC1CN(C(=O)c2ccc(F)c(S)c2)CC1OC. The van der Waals surface area contributed by atoms with Crippen LogP contribution in [0, 0.1) is 5.82 Å². The van der Waals surface area contributed by atoms with Gasteiger partial charge in [0, 0.05) is 37.8 Å². The van der Waals surface area contributed by atoms with Crippen molar-refractivity contribution in [2.24, 2.45) is 0 Å². The van der Waals surface area contributed by atoms with E-state index in [2.05, 4.69) is 12.6 Å². The molecule has 1 aromatic rings. The highest BCUT2D eigenvalue weighted by Crippen LogP contribution is 2.20. The van der Waals surface area contributed by atoms with Gasteiger partial charge in [0.15, 0.2) is 0 Å². The highest BCUT2D eigenvalue weighted by Gasteiger charge is 2.35. The molecule has 0 spiro atoms. The number of ether oxygens (including phenoxy) is 2. The molecule has 0 aromatic heterocycles. The molecule has 104 valence electrons. The summed E-state index contributed by atoms with van der Waals surface area (Å²) in [7, 11) is 3.18. The average molecular weight is 285 g/mol. The Morgan fingerprint density at radius 3 is 2.37 bits per heavy atom. The molecule has 6 heteroatoms. The molecule has 2 rings (SSSR count). The molecule has 0 saturated carbocycles. The lowest BCUT2D eigenvalue weighted by atomic mass is 10.2. The van der Waals surface area contributed by atoms with Crippen molar-refractivity contribution in [2.75, 3.05) is 27.3 Å². The summed E-state index contributed by atoms with van der Waals surface area (Å²) < 4.78 is 23.7. The molecule has 0 aliphatic carbocycles. The van der Waals surface area contributed by atoms with Gasteiger partial charge in [-0.3, -0.25) is 4.79 Å². The Morgan fingerprint density at radius 1 is 1.32 bits per heavy atom. The van der Waals surface area contributed by atoms with Crippen molar-refractivity contribution in [3.05, 3.63) is 29.6 Å². The van der Waals surface area contributed by atoms with E-state index in [1.807, 2.05) is 0 Å². The number of hydrogen-bond donors (Lipinski definition) is 1. The molecule has 4 nitrogen and oxygen atoms in total. The Balaban J connectivity index is 2.14. The summed E-state index contributed by atoms with van der Waals surface area (Å²) in [6, 6.07) is 4.13. The van der Waals surface area contributed by atoms with Crippen LogP contribution in [0.5, 0.6) is 0 Å². The van der Waals surface area contributed by atoms with Crippen molar-refractivity contribution in [1.29, 1.82) is 0 Å². The molecule has 0 radical (unpaired) electrons. The van der Waals surface area contributed by atoms with Gasteiger partial charge in [-0.2, -0.15) is 0 Å². The predicted molar refractivity (Wildman–Crippen MR) is 71.1 cm³/mol. The van der Waals surface area contributed by atoms with Crippen LogP contribution in [-0.2, 0) is 9.47 Å². The zero-order valence-corrected chi connectivity index (χ0v) is 11.7. The number of carbonyl (C=O) groups is 1. The molecule has 0 bridgehead atoms. The third kappa shape index (κ3) is 2.91. The maximum Gasteiger partial charge on any atom is 0.254 e. The van der Waals surface area contributed by atoms with Crippen molar-refractivity contribution >= 4 is 18.5 Å². The minimum atomic E-state index is -0.439. The summed E-state index contributed by atoms with van der Waals surface area (Å²) >= 11 is 3.98. The molecule has 0 N–H and O–H groups in total. The second-order valence-corrected chi connectivity index (χ2v) is 4.91. The van der Waals surface area contributed by atoms with Crippen LogP contribution in [0.2, 0.25) is 0 Å². The summed E-state index contributed by atoms with van der Waals surface area (Å²) in [5, 5.41) is 0. The number of nitrogens with zero attached hydrogens (tertiary/aromatic N) is 1. The van der Waals surface area contributed by atoms with Crippen LogP contribution in [0.3, 0.4) is 0 Å². The van der Waals surface area contributed by atoms with Gasteiger partial charge in [0.05, 0.1) is 0 Å². The Bertz CT molecular complexity index is 471. The second-order valence-electron chi connectivity index (χ2n) is 4.42. The minimum absolute atomic E-state index is 0.134. The lowest BCUT2D eigenvalue weighted by molar-refractivity contribution is -0.00461. The summed E-state index contributed by atoms with van der Waals surface area (Å²) in [5.74, 6) is -0.609. The zero-order valence-electron chi connectivity index (χ0n) is 10.8. The van der Waals surface area contributed by atoms with Crippen LogP contribution in [-0.4, -0.2) is 50.3 Å². The summed E-state index contributed by atoms with van der Waals surface area (Å²) in [5.41, 5.74) is 0.415. The van der Waals surface area contributed by atoms with Crippen LogP contribution < -0.4 is 0 Å². The van der Waals surface area contributed by atoms with Crippen LogP contribution in [0.25, 0.3) is 0 Å². The molecule has 19 heavy (non-hydrogen) atoms. The first-order chi connectivity index (χ1) is 9.06. The van der Waals surface area contributed by atoms with Gasteiger partial charge < -0.3 is 14.4 Å². The van der Waals surface area contributed by atoms with Crippen molar-refractivity contribution in [1.82, 2.24) is 4.90 Å². The normalized spacial score (nSPS) is 22.8. The standard InChI is InChI=1S/C13H16FNO3S/c1-17-10-6-15(7-11(10)18-2)13(16)8-3-4-9(14)12(19)5-8/h3-5,10-11,19H,6-7H2,1-2H3. The Kier molecular flexibility index (Phi) is 4.44. The fourth-order valence-corrected chi connectivity index (χ4v) is 2.40. The minimum Gasteiger partial charge on any atom is -0.377 e. The largest absolute Gasteiger partial charge is 0.377 e. The molecular weight excluding hydrogens is 269 g/mol. The summed E-state index contributed by atoms with van der Waals surface area (Å²) in [6.07, 6.45) is -0.269. The summed E-state index contributed by atoms with van der Waals surface area (Å²) in [4.78, 5) is 14.1. The maximum atomic E-state index is 13.1. The first-order valence-electron chi connectivity index (χ1n) is 5.90. The zero-order chi connectivity index (χ0) is 14.0. The monoisotopic (exact) mass is 285 g/mol. The number of hydrogen-bond acceptors (Lipinski definition) is 4. The van der Waals surface area contributed by atoms with Gasteiger partial charge in [0.1, 0.15) is 18.0 Å². The number of thiol groups is 1. The molecular formula is C13H16FNO3S. The molecule has 2 atom stereocenters. The van der Waals surface area contributed by atoms with Crippen molar-refractivity contribution < 1.29 is 18.7 Å². The van der Waals surface area contributed by atoms with Crippen LogP contribution >= 0.6 is 12.6 Å². The molecule has 1 saturated heterocycles. The quantitative estimate of drug-likeness (QED) is 0.857. The number of rotatable bonds is 3. The number of methoxy groups -OCH3 is 2. The highest BCUT2D eigenvalue weighted by molar-refractivity contribution is 7.80. The van der Waals surface area contributed by atoms with Crippen LogP contribution in [0.15, 0.2) is 23.1 Å². The molecule has 1 heterocycles. The van der Waals surface area contributed by atoms with E-state index >= 15 is 0 Å². The van der Waals surface area contributed by atoms with E-state index in [1.165, 1.54) is 18.2 Å². The van der Waals surface area contributed by atoms with Gasteiger partial charge in [0.25, 0.3) is 5.91 Å². The third-order valence-corrected chi connectivity index (χ3v) is 3.64. The average Bonchev–Trinajstić information content (AvgIpc) is 2.84. The van der Waals surface area contributed by atoms with Gasteiger partial charge in [-0.15, -0.1) is 12.6 Å². The second kappa shape index (κ2) is 5.90. The molecule has 1 fully saturated rings. The summed E-state index contributed by atoms with van der Waals surface area (Å²) in [6.45, 7) is 0.931. The number of likely N-dealkylation sites (tertiary alicyclic amines) is 1. The number of amides is 1. The molecule has 1 aromatic carbocycles. The smallest absolute Gasteiger partial charge is 0.254 e. The van der Waals surface area contributed by atoms with Crippen molar-refractivity contribution in [3.63, 3.8) is 0 Å². The van der Waals surface area contributed by atoms with E-state index in [4.69, 9.17) is 9.47 Å². The Hall–Kier alpha value is -1.11. The van der Waals surface area contributed by atoms with Crippen LogP contribution in [0.1, 0.15) is 10.4 Å². The van der Waals surface area contributed by atoms with E-state index in [0.717, 1.165) is 0 Å². The fraction of sp³-hybridized carbons (Fsp3) is 0.462. The Labute approximate surface area is 116 Å². The van der Waals surface area contributed by atoms with E-state index in [1.54, 1.807) is 19.1 Å². The number of carbonyl (C=O) groups excluding carboxylic acids is 1. The van der Waals surface area contributed by atoms with Crippen molar-refractivity contribution in [2.45, 2.75) is 17.1 Å². The van der Waals surface area contributed by atoms with E-state index in [-0.39, 0.29) is 23.0 Å². The molecule has 1 aliphatic rings. The van der Waals surface area contributed by atoms with Gasteiger partial charge in [-0.05, 0) is 18.2 Å². The predicted octanol–water partition coefficient (Wildman–Crippen LogP) is 1.60. The van der Waals surface area contributed by atoms with Gasteiger partial charge >= 0.3 is 0 Å². The third-order valence-electron chi connectivity index (χ3n) is 3.30. The van der Waals surface area contributed by atoms with Crippen molar-refractivity contribution in [3.8, 4) is 0 Å². The van der Waals surface area contributed by atoms with Gasteiger partial charge in [0.2, 0.25) is 0 Å². The lowest BCUT2D eigenvalue weighted by Crippen LogP contribution is -2.30. The lowest BCUT2D eigenvalue weighted by Gasteiger charge is -2.16. The number of benzene rings is 1. The molecule has 2 unspecified atom stereocenters. The molecule has 1 aliphatic heterocycles. The number of halogens is 1. The van der Waals surface area contributed by atoms with E-state index in [0.29, 0.717) is 18.7 Å².